The second kappa shape index (κ2) is 13.5. The summed E-state index contributed by atoms with van der Waals surface area (Å²) in [4.78, 5) is 28.2. The van der Waals surface area contributed by atoms with E-state index in [1.165, 1.54) is 38.5 Å². The number of carboxylic acid groups (broad SMARTS) is 2. The first kappa shape index (κ1) is 33.1. The molecule has 6 heteroatoms. The minimum absolute atomic E-state index is 0.151. The number of rotatable bonds is 15. The van der Waals surface area contributed by atoms with Crippen LogP contribution in [0.25, 0.3) is 0 Å². The number of piperidine rings is 2. The normalized spacial score (nSPS) is 24.5. The number of likely N-dealkylation sites (tertiary alicyclic amines) is 2. The van der Waals surface area contributed by atoms with Crippen molar-refractivity contribution in [2.45, 2.75) is 167 Å². The van der Waals surface area contributed by atoms with Gasteiger partial charge in [0, 0.05) is 35.0 Å². The quantitative estimate of drug-likeness (QED) is 0.210. The van der Waals surface area contributed by atoms with E-state index in [1.807, 2.05) is 0 Å². The summed E-state index contributed by atoms with van der Waals surface area (Å²) in [7, 11) is 0. The van der Waals surface area contributed by atoms with E-state index in [0.29, 0.717) is 24.7 Å². The van der Waals surface area contributed by atoms with E-state index in [1.54, 1.807) is 0 Å². The fourth-order valence-electron chi connectivity index (χ4n) is 8.11. The van der Waals surface area contributed by atoms with Gasteiger partial charge in [0.05, 0.1) is 0 Å². The summed E-state index contributed by atoms with van der Waals surface area (Å²) in [6.45, 7) is 21.0. The third-order valence-corrected chi connectivity index (χ3v) is 10.1. The van der Waals surface area contributed by atoms with Gasteiger partial charge in [0.15, 0.2) is 0 Å². The highest BCUT2D eigenvalue weighted by Gasteiger charge is 2.43. The van der Waals surface area contributed by atoms with Crippen molar-refractivity contribution < 1.29 is 19.8 Å². The van der Waals surface area contributed by atoms with Crippen LogP contribution in [0.15, 0.2) is 0 Å². The zero-order valence-corrected chi connectivity index (χ0v) is 26.1. The van der Waals surface area contributed by atoms with Gasteiger partial charge in [-0.25, -0.2) is 0 Å². The van der Waals surface area contributed by atoms with Crippen molar-refractivity contribution in [3.63, 3.8) is 0 Å². The molecular weight excluding hydrogens is 476 g/mol. The van der Waals surface area contributed by atoms with Crippen LogP contribution in [0.1, 0.15) is 145 Å². The smallest absolute Gasteiger partial charge is 0.303 e. The van der Waals surface area contributed by atoms with E-state index in [0.717, 1.165) is 38.8 Å². The molecule has 0 bridgehead atoms. The molecule has 0 amide bonds. The molecule has 2 heterocycles. The summed E-state index contributed by atoms with van der Waals surface area (Å²) < 4.78 is 0. The van der Waals surface area contributed by atoms with E-state index in [-0.39, 0.29) is 35.0 Å². The Hall–Kier alpha value is -1.14. The van der Waals surface area contributed by atoms with Crippen molar-refractivity contribution in [2.75, 3.05) is 13.1 Å². The zero-order valence-electron chi connectivity index (χ0n) is 26.1. The molecule has 2 N–H and O–H groups in total. The SMILES string of the molecule is CC1(C)CCCC(C)(C)N1CCC(CCCCC(=O)O)C(CCC(=O)O)CCN1C(C)(C)CCCC1(C)C. The molecule has 2 saturated heterocycles. The molecule has 0 saturated carbocycles. The van der Waals surface area contributed by atoms with E-state index >= 15 is 0 Å². The lowest BCUT2D eigenvalue weighted by Crippen LogP contribution is -2.59. The van der Waals surface area contributed by atoms with E-state index in [2.05, 4.69) is 65.2 Å². The highest BCUT2D eigenvalue weighted by atomic mass is 16.4. The van der Waals surface area contributed by atoms with Gasteiger partial charge >= 0.3 is 11.9 Å². The van der Waals surface area contributed by atoms with Gasteiger partial charge in [0.25, 0.3) is 0 Å². The molecule has 0 aromatic carbocycles. The minimum atomic E-state index is -0.727. The maximum absolute atomic E-state index is 11.7. The van der Waals surface area contributed by atoms with E-state index < -0.39 is 11.9 Å². The second-order valence-corrected chi connectivity index (χ2v) is 14.9. The lowest BCUT2D eigenvalue weighted by Gasteiger charge is -2.54. The molecule has 38 heavy (non-hydrogen) atoms. The Morgan fingerprint density at radius 2 is 0.947 bits per heavy atom. The molecule has 2 rings (SSSR count). The number of carbonyl (C=O) groups is 2. The molecule has 0 radical (unpaired) electrons. The molecule has 2 unspecified atom stereocenters. The molecule has 222 valence electrons. The Morgan fingerprint density at radius 1 is 0.579 bits per heavy atom. The summed E-state index contributed by atoms with van der Waals surface area (Å²) in [5.41, 5.74) is 0.623. The number of hydrogen-bond donors (Lipinski definition) is 2. The highest BCUT2D eigenvalue weighted by Crippen LogP contribution is 2.41. The molecule has 2 atom stereocenters. The lowest BCUT2D eigenvalue weighted by molar-refractivity contribution is -0.138. The standard InChI is InChI=1S/C32H60N2O4/c1-29(2)19-11-20-30(3,4)33(29)23-17-25(13-9-10-14-27(35)36)26(15-16-28(37)38)18-24-34-31(5,6)21-12-22-32(34,7)8/h25-26H,9-24H2,1-8H3,(H,35,36)(H,37,38). The fourth-order valence-corrected chi connectivity index (χ4v) is 8.11. The van der Waals surface area contributed by atoms with Gasteiger partial charge in [-0.1, -0.05) is 12.8 Å². The van der Waals surface area contributed by atoms with E-state index in [9.17, 15) is 19.8 Å². The van der Waals surface area contributed by atoms with Crippen molar-refractivity contribution in [2.24, 2.45) is 11.8 Å². The fraction of sp³-hybridized carbons (Fsp3) is 0.938. The van der Waals surface area contributed by atoms with Gasteiger partial charge in [0.2, 0.25) is 0 Å². The Labute approximate surface area is 233 Å². The molecule has 0 aromatic rings. The minimum Gasteiger partial charge on any atom is -0.481 e. The van der Waals surface area contributed by atoms with Crippen LogP contribution in [0.3, 0.4) is 0 Å². The summed E-state index contributed by atoms with van der Waals surface area (Å²) in [5.74, 6) is -0.694. The number of hydrogen-bond acceptors (Lipinski definition) is 4. The monoisotopic (exact) mass is 536 g/mol. The molecule has 2 aliphatic heterocycles. The zero-order chi connectivity index (χ0) is 28.8. The van der Waals surface area contributed by atoms with Crippen LogP contribution >= 0.6 is 0 Å². The van der Waals surface area contributed by atoms with Crippen LogP contribution < -0.4 is 0 Å². The van der Waals surface area contributed by atoms with Crippen molar-refractivity contribution in [1.82, 2.24) is 9.80 Å². The first-order valence-electron chi connectivity index (χ1n) is 15.5. The van der Waals surface area contributed by atoms with Crippen LogP contribution in [0.2, 0.25) is 0 Å². The molecule has 2 aliphatic rings. The first-order valence-corrected chi connectivity index (χ1v) is 15.5. The van der Waals surface area contributed by atoms with Gasteiger partial charge in [-0.05, 0) is 145 Å². The molecule has 0 aromatic heterocycles. The van der Waals surface area contributed by atoms with Gasteiger partial charge in [-0.15, -0.1) is 0 Å². The Balaban J connectivity index is 2.23. The average Bonchev–Trinajstić information content (AvgIpc) is 2.74. The van der Waals surface area contributed by atoms with Crippen molar-refractivity contribution >= 4 is 11.9 Å². The van der Waals surface area contributed by atoms with Gasteiger partial charge < -0.3 is 10.2 Å². The second-order valence-electron chi connectivity index (χ2n) is 14.9. The van der Waals surface area contributed by atoms with Crippen molar-refractivity contribution in [3.8, 4) is 0 Å². The van der Waals surface area contributed by atoms with Crippen molar-refractivity contribution in [3.05, 3.63) is 0 Å². The maximum Gasteiger partial charge on any atom is 0.303 e. The van der Waals surface area contributed by atoms with Crippen LogP contribution in [0.4, 0.5) is 0 Å². The van der Waals surface area contributed by atoms with Crippen molar-refractivity contribution in [1.29, 1.82) is 0 Å². The molecule has 6 nitrogen and oxygen atoms in total. The van der Waals surface area contributed by atoms with Crippen LogP contribution in [0.5, 0.6) is 0 Å². The van der Waals surface area contributed by atoms with Gasteiger partial charge in [-0.2, -0.15) is 0 Å². The highest BCUT2D eigenvalue weighted by molar-refractivity contribution is 5.66. The molecular formula is C32H60N2O4. The van der Waals surface area contributed by atoms with Crippen LogP contribution in [-0.2, 0) is 9.59 Å². The lowest BCUT2D eigenvalue weighted by atomic mass is 9.76. The number of aliphatic carboxylic acids is 2. The predicted molar refractivity (Wildman–Crippen MR) is 157 cm³/mol. The molecule has 0 spiro atoms. The number of nitrogens with zero attached hydrogens (tertiary/aromatic N) is 2. The third kappa shape index (κ3) is 9.50. The van der Waals surface area contributed by atoms with Gasteiger partial charge in [-0.3, -0.25) is 19.4 Å². The molecule has 0 aliphatic carbocycles. The average molecular weight is 537 g/mol. The first-order chi connectivity index (χ1) is 17.5. The topological polar surface area (TPSA) is 81.1 Å². The summed E-state index contributed by atoms with van der Waals surface area (Å²) in [5, 5.41) is 18.8. The van der Waals surface area contributed by atoms with E-state index in [4.69, 9.17) is 0 Å². The third-order valence-electron chi connectivity index (χ3n) is 10.1. The van der Waals surface area contributed by atoms with Crippen LogP contribution in [-0.4, -0.2) is 67.2 Å². The number of unbranched alkanes of at least 4 members (excludes halogenated alkanes) is 1. The van der Waals surface area contributed by atoms with Gasteiger partial charge in [0.1, 0.15) is 0 Å². The maximum atomic E-state index is 11.7. The summed E-state index contributed by atoms with van der Waals surface area (Å²) in [6.07, 6.45) is 13.1. The predicted octanol–water partition coefficient (Wildman–Crippen LogP) is 7.60. The summed E-state index contributed by atoms with van der Waals surface area (Å²) >= 11 is 0. The molecule has 2 fully saturated rings. The Morgan fingerprint density at radius 3 is 1.32 bits per heavy atom. The van der Waals surface area contributed by atoms with Crippen LogP contribution in [0, 0.1) is 11.8 Å². The Kier molecular flexibility index (Phi) is 11.7. The Bertz CT molecular complexity index is 741. The summed E-state index contributed by atoms with van der Waals surface area (Å²) in [6, 6.07) is 0. The number of carboxylic acids is 2. The largest absolute Gasteiger partial charge is 0.481 e.